The molecule has 19 heavy (non-hydrogen) atoms. The lowest BCUT2D eigenvalue weighted by molar-refractivity contribution is 0.379. The quantitative estimate of drug-likeness (QED) is 0.731. The van der Waals surface area contributed by atoms with Crippen LogP contribution in [0.5, 0.6) is 5.88 Å². The number of para-hydroxylation sites is 1. The molecule has 2 aromatic heterocycles. The number of ether oxygens (including phenoxy) is 1. The fraction of sp³-hybridized carbons (Fsp3) is 0.154. The highest BCUT2D eigenvalue weighted by Crippen LogP contribution is 2.21. The van der Waals surface area contributed by atoms with E-state index in [9.17, 15) is 4.79 Å². The summed E-state index contributed by atoms with van der Waals surface area (Å²) >= 11 is 1.56. The summed E-state index contributed by atoms with van der Waals surface area (Å²) in [5.41, 5.74) is 0.776. The summed E-state index contributed by atoms with van der Waals surface area (Å²) in [6.45, 7) is 0.357. The first-order valence-corrected chi connectivity index (χ1v) is 6.54. The van der Waals surface area contributed by atoms with Crippen LogP contribution in [0.15, 0.2) is 41.2 Å². The average Bonchev–Trinajstić information content (AvgIpc) is 2.83. The molecule has 6 heteroatoms. The molecule has 0 amide bonds. The van der Waals surface area contributed by atoms with E-state index >= 15 is 0 Å². The summed E-state index contributed by atoms with van der Waals surface area (Å²) in [4.78, 5) is 16.2. The first kappa shape index (κ1) is 11.9. The van der Waals surface area contributed by atoms with Gasteiger partial charge < -0.3 is 4.74 Å². The summed E-state index contributed by atoms with van der Waals surface area (Å²) in [5.74, 6) is 0.417. The van der Waals surface area contributed by atoms with Crippen LogP contribution in [0.3, 0.4) is 0 Å². The zero-order valence-electron chi connectivity index (χ0n) is 10.2. The van der Waals surface area contributed by atoms with E-state index in [1.54, 1.807) is 17.4 Å². The Labute approximate surface area is 113 Å². The highest BCUT2D eigenvalue weighted by atomic mass is 32.1. The molecule has 0 bridgehead atoms. The van der Waals surface area contributed by atoms with E-state index < -0.39 is 0 Å². The summed E-state index contributed by atoms with van der Waals surface area (Å²) in [6.07, 6.45) is 0. The number of fused-ring (bicyclic) bond motifs is 1. The zero-order chi connectivity index (χ0) is 13.2. The molecule has 0 aliphatic heterocycles. The molecule has 0 N–H and O–H groups in total. The Hall–Kier alpha value is -2.21. The third kappa shape index (κ3) is 2.34. The smallest absolute Gasteiger partial charge is 0.267 e. The molecule has 0 fully saturated rings. The van der Waals surface area contributed by atoms with E-state index in [0.717, 1.165) is 15.2 Å². The second-order valence-corrected chi connectivity index (χ2v) is 5.06. The molecule has 0 saturated heterocycles. The molecule has 3 rings (SSSR count). The maximum absolute atomic E-state index is 11.7. The Morgan fingerprint density at radius 3 is 2.89 bits per heavy atom. The van der Waals surface area contributed by atoms with Gasteiger partial charge in [0.05, 0.1) is 23.9 Å². The van der Waals surface area contributed by atoms with Crippen LogP contribution in [0.4, 0.5) is 0 Å². The van der Waals surface area contributed by atoms with Gasteiger partial charge in [0, 0.05) is 12.1 Å². The van der Waals surface area contributed by atoms with Crippen molar-refractivity contribution in [3.63, 3.8) is 0 Å². The Kier molecular flexibility index (Phi) is 3.00. The van der Waals surface area contributed by atoms with Crippen LogP contribution in [0.1, 0.15) is 5.01 Å². The van der Waals surface area contributed by atoms with Gasteiger partial charge in [-0.05, 0) is 12.1 Å². The van der Waals surface area contributed by atoms with Gasteiger partial charge in [-0.25, -0.2) is 9.67 Å². The number of benzene rings is 1. The lowest BCUT2D eigenvalue weighted by atomic mass is 10.3. The van der Waals surface area contributed by atoms with Gasteiger partial charge in [0.2, 0.25) is 5.88 Å². The second kappa shape index (κ2) is 4.81. The molecule has 96 valence electrons. The van der Waals surface area contributed by atoms with Gasteiger partial charge in [0.25, 0.3) is 5.56 Å². The van der Waals surface area contributed by atoms with Crippen molar-refractivity contribution in [2.75, 3.05) is 7.11 Å². The normalized spacial score (nSPS) is 10.8. The molecule has 1 aromatic carbocycles. The highest BCUT2D eigenvalue weighted by Gasteiger charge is 2.06. The van der Waals surface area contributed by atoms with E-state index in [2.05, 4.69) is 10.1 Å². The average molecular weight is 273 g/mol. The monoisotopic (exact) mass is 273 g/mol. The van der Waals surface area contributed by atoms with Crippen molar-refractivity contribution < 1.29 is 4.74 Å². The van der Waals surface area contributed by atoms with Crippen molar-refractivity contribution in [2.45, 2.75) is 6.54 Å². The first-order valence-electron chi connectivity index (χ1n) is 5.73. The van der Waals surface area contributed by atoms with Crippen molar-refractivity contribution in [1.29, 1.82) is 0 Å². The first-order chi connectivity index (χ1) is 9.26. The van der Waals surface area contributed by atoms with Crippen LogP contribution in [0, 0.1) is 0 Å². The fourth-order valence-corrected chi connectivity index (χ4v) is 2.72. The number of hydrogen-bond acceptors (Lipinski definition) is 5. The van der Waals surface area contributed by atoms with E-state index in [1.807, 2.05) is 24.3 Å². The summed E-state index contributed by atoms with van der Waals surface area (Å²) in [7, 11) is 1.52. The van der Waals surface area contributed by atoms with Gasteiger partial charge in [-0.2, -0.15) is 0 Å². The number of rotatable bonds is 3. The van der Waals surface area contributed by atoms with Crippen molar-refractivity contribution in [3.05, 3.63) is 51.8 Å². The number of aromatic nitrogens is 3. The molecule has 0 saturated carbocycles. The fourth-order valence-electron chi connectivity index (χ4n) is 1.77. The van der Waals surface area contributed by atoms with E-state index in [4.69, 9.17) is 4.74 Å². The Morgan fingerprint density at radius 1 is 1.26 bits per heavy atom. The molecular weight excluding hydrogens is 262 g/mol. The van der Waals surface area contributed by atoms with Crippen LogP contribution in [0.25, 0.3) is 10.2 Å². The standard InChI is InChI=1S/C13H11N3O2S/c1-18-11-6-7-13(17)16(15-11)8-12-14-9-4-2-3-5-10(9)19-12/h2-7H,8H2,1H3. The minimum atomic E-state index is -0.167. The molecule has 0 radical (unpaired) electrons. The lowest BCUT2D eigenvalue weighted by Gasteiger charge is -2.03. The van der Waals surface area contributed by atoms with Crippen molar-refractivity contribution in [1.82, 2.24) is 14.8 Å². The van der Waals surface area contributed by atoms with Crippen LogP contribution in [0.2, 0.25) is 0 Å². The third-order valence-corrected chi connectivity index (χ3v) is 3.70. The topological polar surface area (TPSA) is 57.0 Å². The van der Waals surface area contributed by atoms with Gasteiger partial charge in [0.1, 0.15) is 5.01 Å². The van der Waals surface area contributed by atoms with Gasteiger partial charge in [-0.1, -0.05) is 12.1 Å². The molecule has 0 spiro atoms. The van der Waals surface area contributed by atoms with Crippen LogP contribution in [-0.2, 0) is 6.54 Å². The SMILES string of the molecule is COc1ccc(=O)n(Cc2nc3ccccc3s2)n1. The molecule has 5 nitrogen and oxygen atoms in total. The predicted octanol–water partition coefficient (Wildman–Crippen LogP) is 1.91. The van der Waals surface area contributed by atoms with E-state index in [-0.39, 0.29) is 5.56 Å². The number of nitrogens with zero attached hydrogens (tertiary/aromatic N) is 3. The van der Waals surface area contributed by atoms with Crippen LogP contribution >= 0.6 is 11.3 Å². The Balaban J connectivity index is 1.98. The number of methoxy groups -OCH3 is 1. The summed E-state index contributed by atoms with van der Waals surface area (Å²) < 4.78 is 7.48. The minimum Gasteiger partial charge on any atom is -0.480 e. The third-order valence-electron chi connectivity index (χ3n) is 2.67. The number of hydrogen-bond donors (Lipinski definition) is 0. The molecule has 0 aliphatic carbocycles. The molecule has 0 unspecified atom stereocenters. The second-order valence-electron chi connectivity index (χ2n) is 3.95. The molecule has 3 aromatic rings. The molecular formula is C13H11N3O2S. The highest BCUT2D eigenvalue weighted by molar-refractivity contribution is 7.18. The van der Waals surface area contributed by atoms with Crippen LogP contribution < -0.4 is 10.3 Å². The van der Waals surface area contributed by atoms with Gasteiger partial charge >= 0.3 is 0 Å². The van der Waals surface area contributed by atoms with Crippen LogP contribution in [-0.4, -0.2) is 21.9 Å². The molecule has 0 atom stereocenters. The minimum absolute atomic E-state index is 0.167. The summed E-state index contributed by atoms with van der Waals surface area (Å²) in [5, 5.41) is 4.96. The van der Waals surface area contributed by atoms with Crippen molar-refractivity contribution in [2.24, 2.45) is 0 Å². The van der Waals surface area contributed by atoms with Gasteiger partial charge in [-0.15, -0.1) is 16.4 Å². The maximum Gasteiger partial charge on any atom is 0.267 e. The molecule has 2 heterocycles. The van der Waals surface area contributed by atoms with Gasteiger partial charge in [0.15, 0.2) is 0 Å². The number of thiazole rings is 1. The zero-order valence-corrected chi connectivity index (χ0v) is 11.1. The largest absolute Gasteiger partial charge is 0.480 e. The van der Waals surface area contributed by atoms with E-state index in [1.165, 1.54) is 17.9 Å². The summed E-state index contributed by atoms with van der Waals surface area (Å²) in [6, 6.07) is 10.9. The lowest BCUT2D eigenvalue weighted by Crippen LogP contribution is -2.22. The Bertz CT molecular complexity index is 746. The van der Waals surface area contributed by atoms with E-state index in [0.29, 0.717) is 12.4 Å². The Morgan fingerprint density at radius 2 is 2.11 bits per heavy atom. The predicted molar refractivity (Wildman–Crippen MR) is 73.8 cm³/mol. The van der Waals surface area contributed by atoms with Crippen molar-refractivity contribution in [3.8, 4) is 5.88 Å². The molecule has 0 aliphatic rings. The van der Waals surface area contributed by atoms with Gasteiger partial charge in [-0.3, -0.25) is 4.79 Å². The maximum atomic E-state index is 11.7. The van der Waals surface area contributed by atoms with Crippen molar-refractivity contribution >= 4 is 21.6 Å².